The lowest BCUT2D eigenvalue weighted by Crippen LogP contribution is -2.32. The maximum Gasteiger partial charge on any atom is 0.323 e. The lowest BCUT2D eigenvalue weighted by atomic mass is 9.77. The first-order valence-electron chi connectivity index (χ1n) is 6.73. The number of aromatic nitrogens is 2. The number of imidazole rings is 1. The number of benzene rings is 1. The van der Waals surface area contributed by atoms with E-state index < -0.39 is 0 Å². The molecule has 1 aromatic carbocycles. The summed E-state index contributed by atoms with van der Waals surface area (Å²) in [7, 11) is 0. The molecule has 0 bridgehead atoms. The molecular formula is C14H19N3O. The fraction of sp³-hybridized carbons (Fsp3) is 0.500. The summed E-state index contributed by atoms with van der Waals surface area (Å²) in [4.78, 5) is 16.9. The van der Waals surface area contributed by atoms with Crippen molar-refractivity contribution in [3.63, 3.8) is 0 Å². The summed E-state index contributed by atoms with van der Waals surface area (Å²) in [5.41, 5.74) is 2.93. The summed E-state index contributed by atoms with van der Waals surface area (Å²) < 4.78 is 0. The molecule has 18 heavy (non-hydrogen) atoms. The zero-order valence-electron chi connectivity index (χ0n) is 10.6. The number of fused-ring (bicyclic) bond motifs is 1. The van der Waals surface area contributed by atoms with Crippen LogP contribution in [0.3, 0.4) is 0 Å². The summed E-state index contributed by atoms with van der Waals surface area (Å²) in [6, 6.07) is 6.63. The second-order valence-electron chi connectivity index (χ2n) is 5.11. The largest absolute Gasteiger partial charge is 0.323 e. The Morgan fingerprint density at radius 1 is 1.33 bits per heavy atom. The molecule has 3 rings (SSSR count). The first-order valence-corrected chi connectivity index (χ1v) is 6.73. The normalized spacial score (nSPS) is 17.8. The molecule has 1 atom stereocenters. The second kappa shape index (κ2) is 4.61. The van der Waals surface area contributed by atoms with Crippen LogP contribution in [0.4, 0.5) is 0 Å². The zero-order valence-corrected chi connectivity index (χ0v) is 10.6. The van der Waals surface area contributed by atoms with Gasteiger partial charge in [0.15, 0.2) is 0 Å². The van der Waals surface area contributed by atoms with Gasteiger partial charge in [0.2, 0.25) is 0 Å². The molecule has 3 N–H and O–H groups in total. The lowest BCUT2D eigenvalue weighted by molar-refractivity contribution is 0.233. The van der Waals surface area contributed by atoms with Crippen molar-refractivity contribution in [1.82, 2.24) is 15.3 Å². The highest BCUT2D eigenvalue weighted by atomic mass is 16.1. The van der Waals surface area contributed by atoms with E-state index in [4.69, 9.17) is 0 Å². The highest BCUT2D eigenvalue weighted by molar-refractivity contribution is 5.75. The molecular weight excluding hydrogens is 226 g/mol. The minimum atomic E-state index is -0.134. The molecule has 4 nitrogen and oxygen atoms in total. The molecule has 1 fully saturated rings. The van der Waals surface area contributed by atoms with Gasteiger partial charge in [0.05, 0.1) is 11.0 Å². The molecule has 0 amide bonds. The topological polar surface area (TPSA) is 60.7 Å². The summed E-state index contributed by atoms with van der Waals surface area (Å²) in [6.45, 7) is 3.12. The highest BCUT2D eigenvalue weighted by Gasteiger charge is 2.27. The SMILES string of the molecule is CCNC(c1ccc2[nH]c(=O)[nH]c2c1)C1CCC1. The van der Waals surface area contributed by atoms with Crippen LogP contribution in [0.2, 0.25) is 0 Å². The molecule has 96 valence electrons. The summed E-state index contributed by atoms with van der Waals surface area (Å²) in [5, 5.41) is 3.57. The van der Waals surface area contributed by atoms with Gasteiger partial charge in [-0.2, -0.15) is 0 Å². The minimum absolute atomic E-state index is 0.134. The van der Waals surface area contributed by atoms with Crippen molar-refractivity contribution in [3.8, 4) is 0 Å². The lowest BCUT2D eigenvalue weighted by Gasteiger charge is -2.34. The summed E-state index contributed by atoms with van der Waals surface area (Å²) >= 11 is 0. The van der Waals surface area contributed by atoms with Crippen molar-refractivity contribution in [2.75, 3.05) is 6.54 Å². The van der Waals surface area contributed by atoms with E-state index in [1.54, 1.807) is 0 Å². The minimum Gasteiger partial charge on any atom is -0.310 e. The van der Waals surface area contributed by atoms with Gasteiger partial charge < -0.3 is 15.3 Å². The van der Waals surface area contributed by atoms with E-state index in [1.807, 2.05) is 6.07 Å². The molecule has 0 aliphatic heterocycles. The second-order valence-corrected chi connectivity index (χ2v) is 5.11. The number of aromatic amines is 2. The van der Waals surface area contributed by atoms with Gasteiger partial charge in [-0.3, -0.25) is 0 Å². The van der Waals surface area contributed by atoms with Crippen LogP contribution >= 0.6 is 0 Å². The Hall–Kier alpha value is -1.55. The molecule has 0 saturated heterocycles. The Bertz CT molecular complexity index is 594. The first-order chi connectivity index (χ1) is 8.78. The predicted molar refractivity (Wildman–Crippen MR) is 72.7 cm³/mol. The Balaban J connectivity index is 1.96. The number of rotatable bonds is 4. The smallest absolute Gasteiger partial charge is 0.310 e. The van der Waals surface area contributed by atoms with E-state index in [9.17, 15) is 4.79 Å². The third-order valence-electron chi connectivity index (χ3n) is 3.94. The molecule has 0 spiro atoms. The predicted octanol–water partition coefficient (Wildman–Crippen LogP) is 2.31. The van der Waals surface area contributed by atoms with Gasteiger partial charge in [-0.1, -0.05) is 19.4 Å². The van der Waals surface area contributed by atoms with E-state index in [2.05, 4.69) is 34.3 Å². The van der Waals surface area contributed by atoms with E-state index in [0.29, 0.717) is 6.04 Å². The average Bonchev–Trinajstić information content (AvgIpc) is 2.65. The molecule has 1 aliphatic carbocycles. The van der Waals surface area contributed by atoms with Crippen LogP contribution in [-0.2, 0) is 0 Å². The van der Waals surface area contributed by atoms with E-state index in [0.717, 1.165) is 23.5 Å². The van der Waals surface area contributed by atoms with Crippen LogP contribution in [0.15, 0.2) is 23.0 Å². The molecule has 0 radical (unpaired) electrons. The quantitative estimate of drug-likeness (QED) is 0.774. The van der Waals surface area contributed by atoms with Crippen LogP contribution < -0.4 is 11.0 Å². The number of hydrogen-bond acceptors (Lipinski definition) is 2. The van der Waals surface area contributed by atoms with Crippen molar-refractivity contribution in [3.05, 3.63) is 34.2 Å². The van der Waals surface area contributed by atoms with Gasteiger partial charge in [-0.15, -0.1) is 0 Å². The molecule has 1 aliphatic rings. The Labute approximate surface area is 106 Å². The van der Waals surface area contributed by atoms with Crippen LogP contribution in [0.25, 0.3) is 11.0 Å². The third kappa shape index (κ3) is 1.97. The number of H-pyrrole nitrogens is 2. The van der Waals surface area contributed by atoms with Crippen molar-refractivity contribution in [1.29, 1.82) is 0 Å². The van der Waals surface area contributed by atoms with Gasteiger partial charge in [0.1, 0.15) is 0 Å². The van der Waals surface area contributed by atoms with E-state index >= 15 is 0 Å². The molecule has 1 aromatic heterocycles. The zero-order chi connectivity index (χ0) is 12.5. The van der Waals surface area contributed by atoms with E-state index in [1.165, 1.54) is 24.8 Å². The monoisotopic (exact) mass is 245 g/mol. The Kier molecular flexibility index (Phi) is 2.96. The van der Waals surface area contributed by atoms with Crippen molar-refractivity contribution in [2.45, 2.75) is 32.2 Å². The first kappa shape index (κ1) is 11.5. The van der Waals surface area contributed by atoms with Crippen LogP contribution in [0.1, 0.15) is 37.8 Å². The number of hydrogen-bond donors (Lipinski definition) is 3. The summed E-state index contributed by atoms with van der Waals surface area (Å²) in [6.07, 6.45) is 3.95. The van der Waals surface area contributed by atoms with Gasteiger partial charge in [0, 0.05) is 6.04 Å². The molecule has 4 heteroatoms. The van der Waals surface area contributed by atoms with E-state index in [-0.39, 0.29) is 5.69 Å². The average molecular weight is 245 g/mol. The fourth-order valence-corrected chi connectivity index (χ4v) is 2.79. The van der Waals surface area contributed by atoms with Crippen molar-refractivity contribution in [2.24, 2.45) is 5.92 Å². The highest BCUT2D eigenvalue weighted by Crippen LogP contribution is 2.38. The maximum absolute atomic E-state index is 11.3. The Morgan fingerprint density at radius 2 is 2.11 bits per heavy atom. The standard InChI is InChI=1S/C14H19N3O/c1-2-15-13(9-4-3-5-9)10-6-7-11-12(8-10)17-14(18)16-11/h6-9,13,15H,2-5H2,1H3,(H2,16,17,18). The molecule has 1 heterocycles. The maximum atomic E-state index is 11.3. The fourth-order valence-electron chi connectivity index (χ4n) is 2.79. The Morgan fingerprint density at radius 3 is 2.78 bits per heavy atom. The van der Waals surface area contributed by atoms with Gasteiger partial charge in [-0.25, -0.2) is 4.79 Å². The van der Waals surface area contributed by atoms with Gasteiger partial charge in [-0.05, 0) is 43.0 Å². The van der Waals surface area contributed by atoms with Gasteiger partial charge >= 0.3 is 5.69 Å². The van der Waals surface area contributed by atoms with Crippen LogP contribution in [0, 0.1) is 5.92 Å². The molecule has 1 unspecified atom stereocenters. The molecule has 1 saturated carbocycles. The third-order valence-corrected chi connectivity index (χ3v) is 3.94. The molecule has 2 aromatic rings. The van der Waals surface area contributed by atoms with Crippen molar-refractivity contribution < 1.29 is 0 Å². The van der Waals surface area contributed by atoms with Crippen LogP contribution in [-0.4, -0.2) is 16.5 Å². The van der Waals surface area contributed by atoms with Gasteiger partial charge in [0.25, 0.3) is 0 Å². The van der Waals surface area contributed by atoms with Crippen molar-refractivity contribution >= 4 is 11.0 Å². The van der Waals surface area contributed by atoms with Crippen LogP contribution in [0.5, 0.6) is 0 Å². The number of nitrogens with one attached hydrogen (secondary N) is 3. The summed E-state index contributed by atoms with van der Waals surface area (Å²) in [5.74, 6) is 0.744.